The zero-order valence-electron chi connectivity index (χ0n) is 11.7. The highest BCUT2D eigenvalue weighted by Crippen LogP contribution is 2.41. The number of hydrogen-bond donors (Lipinski definition) is 1. The average Bonchev–Trinajstić information content (AvgIpc) is 2.57. The molecule has 0 aromatic heterocycles. The van der Waals surface area contributed by atoms with Crippen molar-refractivity contribution in [2.45, 2.75) is 46.3 Å². The normalized spacial score (nSPS) is 33.8. The molecule has 3 unspecified atom stereocenters. The quantitative estimate of drug-likeness (QED) is 0.762. The summed E-state index contributed by atoms with van der Waals surface area (Å²) in [4.78, 5) is 17.6. The number of allylic oxidation sites excluding steroid dienone is 3. The molecule has 1 fully saturated rings. The standard InChI is InChI=1S/C14H24N2O2/c1-5-7-8-9-10-16-11(3)14(6-2,13(15)17)12(4)18-16/h5,7-9,11-12H,6,10H2,1-4H3,(H2,15,17). The molecule has 102 valence electrons. The van der Waals surface area contributed by atoms with E-state index in [1.165, 1.54) is 0 Å². The van der Waals surface area contributed by atoms with Gasteiger partial charge in [-0.3, -0.25) is 9.63 Å². The van der Waals surface area contributed by atoms with E-state index >= 15 is 0 Å². The van der Waals surface area contributed by atoms with Gasteiger partial charge in [0, 0.05) is 12.6 Å². The summed E-state index contributed by atoms with van der Waals surface area (Å²) in [7, 11) is 0. The van der Waals surface area contributed by atoms with Crippen molar-refractivity contribution in [3.63, 3.8) is 0 Å². The summed E-state index contributed by atoms with van der Waals surface area (Å²) >= 11 is 0. The first-order chi connectivity index (χ1) is 8.50. The minimum atomic E-state index is -0.589. The second-order valence-corrected chi connectivity index (χ2v) is 4.74. The lowest BCUT2D eigenvalue weighted by atomic mass is 9.74. The predicted octanol–water partition coefficient (Wildman–Crippen LogP) is 2.02. The van der Waals surface area contributed by atoms with E-state index in [0.29, 0.717) is 13.0 Å². The molecule has 1 heterocycles. The van der Waals surface area contributed by atoms with Gasteiger partial charge in [-0.25, -0.2) is 0 Å². The van der Waals surface area contributed by atoms with Crippen LogP contribution >= 0.6 is 0 Å². The molecular formula is C14H24N2O2. The van der Waals surface area contributed by atoms with Gasteiger partial charge in [0.2, 0.25) is 5.91 Å². The molecule has 0 aromatic carbocycles. The number of nitrogens with zero attached hydrogens (tertiary/aromatic N) is 1. The Balaban J connectivity index is 2.80. The highest BCUT2D eigenvalue weighted by atomic mass is 16.7. The summed E-state index contributed by atoms with van der Waals surface area (Å²) in [5.41, 5.74) is 5.00. The monoisotopic (exact) mass is 252 g/mol. The average molecular weight is 252 g/mol. The molecule has 0 spiro atoms. The van der Waals surface area contributed by atoms with E-state index in [4.69, 9.17) is 10.6 Å². The molecule has 3 atom stereocenters. The Labute approximate surface area is 109 Å². The van der Waals surface area contributed by atoms with Gasteiger partial charge in [0.05, 0.1) is 11.5 Å². The van der Waals surface area contributed by atoms with Crippen molar-refractivity contribution >= 4 is 5.91 Å². The van der Waals surface area contributed by atoms with Crippen molar-refractivity contribution in [2.24, 2.45) is 11.1 Å². The molecule has 1 saturated heterocycles. The van der Waals surface area contributed by atoms with Gasteiger partial charge in [-0.2, -0.15) is 5.06 Å². The molecule has 1 aliphatic rings. The Morgan fingerprint density at radius 2 is 2.11 bits per heavy atom. The number of nitrogens with two attached hydrogens (primary N) is 1. The minimum Gasteiger partial charge on any atom is -0.369 e. The van der Waals surface area contributed by atoms with Crippen LogP contribution in [0, 0.1) is 5.41 Å². The topological polar surface area (TPSA) is 55.6 Å². The molecule has 18 heavy (non-hydrogen) atoms. The SMILES string of the molecule is CC=CC=CCN1OC(C)C(CC)(C(N)=O)C1C. The molecule has 0 bridgehead atoms. The number of hydrogen-bond acceptors (Lipinski definition) is 3. The molecule has 1 aliphatic heterocycles. The first kappa shape index (κ1) is 14.9. The fourth-order valence-corrected chi connectivity index (χ4v) is 2.70. The largest absolute Gasteiger partial charge is 0.369 e. The van der Waals surface area contributed by atoms with Gasteiger partial charge in [0.1, 0.15) is 0 Å². The lowest BCUT2D eigenvalue weighted by Gasteiger charge is -2.31. The Morgan fingerprint density at radius 3 is 2.56 bits per heavy atom. The van der Waals surface area contributed by atoms with Gasteiger partial charge in [-0.1, -0.05) is 31.2 Å². The third-order valence-corrected chi connectivity index (χ3v) is 3.97. The van der Waals surface area contributed by atoms with Gasteiger partial charge >= 0.3 is 0 Å². The maximum absolute atomic E-state index is 11.8. The number of carbonyl (C=O) groups is 1. The number of hydroxylamine groups is 2. The van der Waals surface area contributed by atoms with E-state index < -0.39 is 5.41 Å². The maximum Gasteiger partial charge on any atom is 0.228 e. The fraction of sp³-hybridized carbons (Fsp3) is 0.643. The summed E-state index contributed by atoms with van der Waals surface area (Å²) in [5.74, 6) is -0.273. The number of rotatable bonds is 5. The van der Waals surface area contributed by atoms with Gasteiger partial charge < -0.3 is 5.73 Å². The molecule has 1 amide bonds. The number of carbonyl (C=O) groups excluding carboxylic acids is 1. The molecule has 2 N–H and O–H groups in total. The van der Waals surface area contributed by atoms with Crippen LogP contribution in [0.15, 0.2) is 24.3 Å². The van der Waals surface area contributed by atoms with E-state index in [2.05, 4.69) is 0 Å². The number of amides is 1. The second-order valence-electron chi connectivity index (χ2n) is 4.74. The summed E-state index contributed by atoms with van der Waals surface area (Å²) in [5, 5.41) is 1.85. The van der Waals surface area contributed by atoms with E-state index in [1.54, 1.807) is 0 Å². The second kappa shape index (κ2) is 6.16. The molecule has 1 rings (SSSR count). The van der Waals surface area contributed by atoms with Crippen molar-refractivity contribution in [1.82, 2.24) is 5.06 Å². The predicted molar refractivity (Wildman–Crippen MR) is 72.6 cm³/mol. The summed E-state index contributed by atoms with van der Waals surface area (Å²) < 4.78 is 0. The van der Waals surface area contributed by atoms with E-state index in [0.717, 1.165) is 0 Å². The van der Waals surface area contributed by atoms with Crippen molar-refractivity contribution in [2.75, 3.05) is 6.54 Å². The highest BCUT2D eigenvalue weighted by molar-refractivity contribution is 5.82. The Morgan fingerprint density at radius 1 is 1.44 bits per heavy atom. The van der Waals surface area contributed by atoms with Crippen molar-refractivity contribution < 1.29 is 9.63 Å². The minimum absolute atomic E-state index is 0.00902. The first-order valence-electron chi connectivity index (χ1n) is 6.51. The van der Waals surface area contributed by atoms with E-state index in [1.807, 2.05) is 57.1 Å². The molecular weight excluding hydrogens is 228 g/mol. The first-order valence-corrected chi connectivity index (χ1v) is 6.51. The molecule has 4 heteroatoms. The van der Waals surface area contributed by atoms with Gasteiger partial charge in [0.15, 0.2) is 0 Å². The Hall–Kier alpha value is -1.13. The van der Waals surface area contributed by atoms with Gasteiger partial charge in [0.25, 0.3) is 0 Å². The Bertz CT molecular complexity index is 352. The van der Waals surface area contributed by atoms with Crippen LogP contribution in [0.3, 0.4) is 0 Å². The third kappa shape index (κ3) is 2.49. The van der Waals surface area contributed by atoms with Crippen LogP contribution < -0.4 is 5.73 Å². The summed E-state index contributed by atoms with van der Waals surface area (Å²) in [6.07, 6.45) is 8.43. The molecule has 0 saturated carbocycles. The van der Waals surface area contributed by atoms with Crippen LogP contribution in [0.1, 0.15) is 34.1 Å². The Kier molecular flexibility index (Phi) is 5.11. The van der Waals surface area contributed by atoms with E-state index in [9.17, 15) is 4.79 Å². The zero-order valence-corrected chi connectivity index (χ0v) is 11.7. The van der Waals surface area contributed by atoms with Gasteiger partial charge in [-0.15, -0.1) is 0 Å². The lowest BCUT2D eigenvalue weighted by Crippen LogP contribution is -2.49. The van der Waals surface area contributed by atoms with Gasteiger partial charge in [-0.05, 0) is 27.2 Å². The summed E-state index contributed by atoms with van der Waals surface area (Å²) in [6, 6.07) is -0.00902. The highest BCUT2D eigenvalue weighted by Gasteiger charge is 2.54. The van der Waals surface area contributed by atoms with Crippen LogP contribution in [0.5, 0.6) is 0 Å². The zero-order chi connectivity index (χ0) is 13.8. The number of primary amides is 1. The molecule has 0 aliphatic carbocycles. The third-order valence-electron chi connectivity index (χ3n) is 3.97. The van der Waals surface area contributed by atoms with Crippen LogP contribution in [0.25, 0.3) is 0 Å². The van der Waals surface area contributed by atoms with Crippen molar-refractivity contribution in [1.29, 1.82) is 0 Å². The molecule has 0 radical (unpaired) electrons. The lowest BCUT2D eigenvalue weighted by molar-refractivity contribution is -0.150. The molecule has 0 aromatic rings. The van der Waals surface area contributed by atoms with E-state index in [-0.39, 0.29) is 18.1 Å². The van der Waals surface area contributed by atoms with Crippen LogP contribution in [0.2, 0.25) is 0 Å². The summed E-state index contributed by atoms with van der Waals surface area (Å²) in [6.45, 7) is 8.53. The maximum atomic E-state index is 11.8. The fourth-order valence-electron chi connectivity index (χ4n) is 2.70. The van der Waals surface area contributed by atoms with Crippen molar-refractivity contribution in [3.8, 4) is 0 Å². The van der Waals surface area contributed by atoms with Crippen LogP contribution in [-0.4, -0.2) is 29.7 Å². The van der Waals surface area contributed by atoms with Crippen LogP contribution in [0.4, 0.5) is 0 Å². The molecule has 4 nitrogen and oxygen atoms in total. The van der Waals surface area contributed by atoms with Crippen molar-refractivity contribution in [3.05, 3.63) is 24.3 Å². The smallest absolute Gasteiger partial charge is 0.228 e. The van der Waals surface area contributed by atoms with Crippen LogP contribution in [-0.2, 0) is 9.63 Å².